The van der Waals surface area contributed by atoms with Crippen LogP contribution in [0.5, 0.6) is 0 Å². The lowest BCUT2D eigenvalue weighted by Gasteiger charge is -2.28. The molecule has 0 radical (unpaired) electrons. The summed E-state index contributed by atoms with van der Waals surface area (Å²) in [6, 6.07) is 20.5. The van der Waals surface area contributed by atoms with Crippen molar-refractivity contribution in [3.8, 4) is 0 Å². The first-order chi connectivity index (χ1) is 21.4. The summed E-state index contributed by atoms with van der Waals surface area (Å²) in [4.78, 5) is 40.1. The zero-order valence-electron chi connectivity index (χ0n) is 27.8. The third-order valence-electron chi connectivity index (χ3n) is 7.22. The maximum atomic E-state index is 13.7. The van der Waals surface area contributed by atoms with Crippen LogP contribution in [0.1, 0.15) is 72.9 Å². The van der Waals surface area contributed by atoms with Gasteiger partial charge in [-0.1, -0.05) is 47.5 Å². The van der Waals surface area contributed by atoms with Gasteiger partial charge in [-0.2, -0.15) is 0 Å². The fraction of sp³-hybridized carbons (Fsp3) is 0.417. The molecule has 0 aliphatic heterocycles. The average Bonchev–Trinajstić information content (AvgIpc) is 2.97. The van der Waals surface area contributed by atoms with Crippen LogP contribution in [0.3, 0.4) is 0 Å². The Kier molecular flexibility index (Phi) is 12.8. The van der Waals surface area contributed by atoms with E-state index in [1.54, 1.807) is 24.3 Å². The fourth-order valence-corrected chi connectivity index (χ4v) is 7.20. The standard InChI is InChI=1S/C36H46N2O6S2/c1-25-8-16-30(17-9-25)45-23-29(24-46(42,43)31-18-10-26(2)11-19-31)33(40)27-12-14-28(15-13-27)34(41)37-22-32(39)38-36(6,7)20-21-44-35(3,4)5/h8-19,29H,20-24H2,1-7H3,(H,37,41)(H,38,39). The number of ketones is 1. The van der Waals surface area contributed by atoms with Crippen LogP contribution in [0.2, 0.25) is 0 Å². The average molecular weight is 667 g/mol. The van der Waals surface area contributed by atoms with E-state index in [0.717, 1.165) is 16.0 Å². The van der Waals surface area contributed by atoms with Gasteiger partial charge in [0.1, 0.15) is 0 Å². The summed E-state index contributed by atoms with van der Waals surface area (Å²) in [5, 5.41) is 5.53. The molecule has 0 aromatic heterocycles. The Hall–Kier alpha value is -3.47. The zero-order valence-corrected chi connectivity index (χ0v) is 29.4. The van der Waals surface area contributed by atoms with Gasteiger partial charge < -0.3 is 15.4 Å². The Morgan fingerprint density at radius 2 is 1.35 bits per heavy atom. The van der Waals surface area contributed by atoms with Crippen LogP contribution < -0.4 is 10.6 Å². The van der Waals surface area contributed by atoms with Gasteiger partial charge in [0, 0.05) is 39.8 Å². The minimum Gasteiger partial charge on any atom is -0.376 e. The molecule has 1 unspecified atom stereocenters. The number of benzene rings is 3. The van der Waals surface area contributed by atoms with E-state index in [1.165, 1.54) is 36.0 Å². The van der Waals surface area contributed by atoms with Crippen molar-refractivity contribution in [1.82, 2.24) is 10.6 Å². The second-order valence-corrected chi connectivity index (χ2v) is 16.3. The van der Waals surface area contributed by atoms with E-state index >= 15 is 0 Å². The first kappa shape index (κ1) is 37.0. The Bertz CT molecular complexity index is 1590. The molecule has 10 heteroatoms. The third-order valence-corrected chi connectivity index (χ3v) is 10.2. The van der Waals surface area contributed by atoms with Gasteiger partial charge in [0.25, 0.3) is 5.91 Å². The predicted molar refractivity (Wildman–Crippen MR) is 184 cm³/mol. The van der Waals surface area contributed by atoms with E-state index in [9.17, 15) is 22.8 Å². The van der Waals surface area contributed by atoms with Crippen molar-refractivity contribution < 1.29 is 27.5 Å². The first-order valence-electron chi connectivity index (χ1n) is 15.3. The SMILES string of the molecule is Cc1ccc(SCC(CS(=O)(=O)c2ccc(C)cc2)C(=O)c2ccc(C(=O)NCC(=O)NC(C)(C)CCOC(C)(C)C)cc2)cc1. The first-order valence-corrected chi connectivity index (χ1v) is 17.9. The molecule has 2 N–H and O–H groups in total. The number of hydrogen-bond donors (Lipinski definition) is 2. The van der Waals surface area contributed by atoms with Crippen LogP contribution in [0.15, 0.2) is 82.6 Å². The normalized spacial score (nSPS) is 12.8. The molecule has 0 spiro atoms. The van der Waals surface area contributed by atoms with Gasteiger partial charge in [-0.15, -0.1) is 11.8 Å². The quantitative estimate of drug-likeness (QED) is 0.147. The Morgan fingerprint density at radius 3 is 1.91 bits per heavy atom. The number of ether oxygens (including phenoxy) is 1. The molecule has 3 rings (SSSR count). The van der Waals surface area contributed by atoms with Gasteiger partial charge in [-0.3, -0.25) is 14.4 Å². The molecule has 0 heterocycles. The van der Waals surface area contributed by atoms with Crippen molar-refractivity contribution in [2.24, 2.45) is 5.92 Å². The minimum absolute atomic E-state index is 0.175. The molecule has 1 atom stereocenters. The van der Waals surface area contributed by atoms with Gasteiger partial charge >= 0.3 is 0 Å². The summed E-state index contributed by atoms with van der Waals surface area (Å²) in [6.07, 6.45) is 0.607. The van der Waals surface area contributed by atoms with E-state index in [0.29, 0.717) is 18.6 Å². The number of aryl methyl sites for hydroxylation is 2. The number of carbonyl (C=O) groups excluding carboxylic acids is 3. The lowest BCUT2D eigenvalue weighted by Crippen LogP contribution is -2.48. The molecule has 0 saturated heterocycles. The number of carbonyl (C=O) groups is 3. The maximum Gasteiger partial charge on any atom is 0.251 e. The van der Waals surface area contributed by atoms with E-state index < -0.39 is 27.2 Å². The minimum atomic E-state index is -3.75. The summed E-state index contributed by atoms with van der Waals surface area (Å²) in [5.74, 6) is -2.01. The molecule has 3 aromatic carbocycles. The number of thioether (sulfide) groups is 1. The van der Waals surface area contributed by atoms with Crippen molar-refractivity contribution in [3.63, 3.8) is 0 Å². The smallest absolute Gasteiger partial charge is 0.251 e. The number of amides is 2. The second kappa shape index (κ2) is 15.9. The maximum absolute atomic E-state index is 13.7. The molecule has 0 bridgehead atoms. The van der Waals surface area contributed by atoms with Crippen LogP contribution in [0, 0.1) is 19.8 Å². The molecular weight excluding hydrogens is 621 g/mol. The van der Waals surface area contributed by atoms with E-state index in [4.69, 9.17) is 4.74 Å². The number of hydrogen-bond acceptors (Lipinski definition) is 7. The Morgan fingerprint density at radius 1 is 0.804 bits per heavy atom. The number of rotatable bonds is 15. The summed E-state index contributed by atoms with van der Waals surface area (Å²) < 4.78 is 32.4. The predicted octanol–water partition coefficient (Wildman–Crippen LogP) is 6.20. The van der Waals surface area contributed by atoms with Crippen molar-refractivity contribution >= 4 is 39.2 Å². The van der Waals surface area contributed by atoms with E-state index in [-0.39, 0.29) is 45.8 Å². The second-order valence-electron chi connectivity index (χ2n) is 13.2. The van der Waals surface area contributed by atoms with Gasteiger partial charge in [0.05, 0.1) is 22.8 Å². The van der Waals surface area contributed by atoms with Crippen molar-refractivity contribution in [2.75, 3.05) is 24.7 Å². The highest BCUT2D eigenvalue weighted by Crippen LogP contribution is 2.26. The van der Waals surface area contributed by atoms with Crippen LogP contribution in [0.4, 0.5) is 0 Å². The largest absolute Gasteiger partial charge is 0.376 e. The Labute approximate surface area is 278 Å². The van der Waals surface area contributed by atoms with Gasteiger partial charge in [-0.25, -0.2) is 8.42 Å². The summed E-state index contributed by atoms with van der Waals surface area (Å²) in [7, 11) is -3.75. The van der Waals surface area contributed by atoms with Gasteiger partial charge in [0.15, 0.2) is 15.6 Å². The van der Waals surface area contributed by atoms with Crippen LogP contribution in [-0.4, -0.2) is 61.8 Å². The highest BCUT2D eigenvalue weighted by atomic mass is 32.2. The zero-order chi connectivity index (χ0) is 34.1. The monoisotopic (exact) mass is 666 g/mol. The number of nitrogens with one attached hydrogen (secondary N) is 2. The molecule has 8 nitrogen and oxygen atoms in total. The van der Waals surface area contributed by atoms with E-state index in [2.05, 4.69) is 10.6 Å². The van der Waals surface area contributed by atoms with E-state index in [1.807, 2.05) is 72.7 Å². The molecule has 46 heavy (non-hydrogen) atoms. The van der Waals surface area contributed by atoms with Crippen LogP contribution in [-0.2, 0) is 19.4 Å². The lowest BCUT2D eigenvalue weighted by molar-refractivity contribution is -0.122. The third kappa shape index (κ3) is 12.0. The molecule has 0 fully saturated rings. The lowest BCUT2D eigenvalue weighted by atomic mass is 9.99. The fourth-order valence-electron chi connectivity index (χ4n) is 4.52. The molecule has 0 aliphatic carbocycles. The van der Waals surface area contributed by atoms with Crippen molar-refractivity contribution in [2.45, 2.75) is 75.8 Å². The van der Waals surface area contributed by atoms with Gasteiger partial charge in [0.2, 0.25) is 5.91 Å². The Balaban J connectivity index is 1.66. The number of Topliss-reactive ketones (excluding diaryl/α,β-unsaturated/α-hetero) is 1. The molecule has 0 aliphatic rings. The van der Waals surface area contributed by atoms with Crippen LogP contribution >= 0.6 is 11.8 Å². The summed E-state index contributed by atoms with van der Waals surface area (Å²) >= 11 is 1.43. The molecule has 2 amide bonds. The summed E-state index contributed by atoms with van der Waals surface area (Å²) in [5.41, 5.74) is 1.85. The van der Waals surface area contributed by atoms with Gasteiger partial charge in [-0.05, 0) is 91.3 Å². The molecule has 3 aromatic rings. The molecular formula is C36H46N2O6S2. The topological polar surface area (TPSA) is 119 Å². The highest BCUT2D eigenvalue weighted by molar-refractivity contribution is 7.99. The molecule has 248 valence electrons. The molecule has 0 saturated carbocycles. The van der Waals surface area contributed by atoms with Crippen molar-refractivity contribution in [1.29, 1.82) is 0 Å². The van der Waals surface area contributed by atoms with Crippen LogP contribution in [0.25, 0.3) is 0 Å². The summed E-state index contributed by atoms with van der Waals surface area (Å²) in [6.45, 7) is 13.8. The number of sulfone groups is 1. The van der Waals surface area contributed by atoms with Crippen molar-refractivity contribution in [3.05, 3.63) is 95.1 Å². The highest BCUT2D eigenvalue weighted by Gasteiger charge is 2.28.